The average Bonchev–Trinajstić information content (AvgIpc) is 2.57. The molecule has 0 aliphatic heterocycles. The first-order valence-corrected chi connectivity index (χ1v) is 6.16. The van der Waals surface area contributed by atoms with Crippen molar-refractivity contribution in [2.75, 3.05) is 27.2 Å². The van der Waals surface area contributed by atoms with Gasteiger partial charge >= 0.3 is 0 Å². The van der Waals surface area contributed by atoms with Crippen LogP contribution in [0.15, 0.2) is 0 Å². The third-order valence-electron chi connectivity index (χ3n) is 4.56. The van der Waals surface area contributed by atoms with Gasteiger partial charge in [0.25, 0.3) is 0 Å². The number of nitrogens with one attached hydrogen (secondary N) is 1. The Bertz CT molecular complexity index is 257. The smallest absolute Gasteiger partial charge is 0.226 e. The molecule has 94 valence electrons. The topological polar surface area (TPSA) is 32.3 Å². The third-order valence-corrected chi connectivity index (χ3v) is 4.56. The van der Waals surface area contributed by atoms with Gasteiger partial charge in [-0.25, -0.2) is 0 Å². The SMILES string of the molecule is CNCCCN(C)C(=O)C1C(C)(C)C1(C)C. The molecule has 1 saturated carbocycles. The molecule has 0 unspecified atom stereocenters. The number of carbonyl (C=O) groups is 1. The first kappa shape index (κ1) is 13.5. The summed E-state index contributed by atoms with van der Waals surface area (Å²) in [5.41, 5.74) is 0.308. The molecule has 0 radical (unpaired) electrons. The van der Waals surface area contributed by atoms with E-state index in [1.807, 2.05) is 19.0 Å². The number of hydrogen-bond donors (Lipinski definition) is 1. The molecule has 0 aromatic carbocycles. The molecular weight excluding hydrogens is 200 g/mol. The Morgan fingerprint density at radius 2 is 1.75 bits per heavy atom. The maximum absolute atomic E-state index is 12.2. The Morgan fingerprint density at radius 1 is 1.25 bits per heavy atom. The predicted octanol–water partition coefficient (Wildman–Crippen LogP) is 1.74. The lowest BCUT2D eigenvalue weighted by Crippen LogP contribution is -2.32. The number of amides is 1. The van der Waals surface area contributed by atoms with Crippen LogP contribution in [-0.4, -0.2) is 38.0 Å². The third kappa shape index (κ3) is 2.10. The normalized spacial score (nSPS) is 21.9. The average molecular weight is 226 g/mol. The van der Waals surface area contributed by atoms with E-state index in [4.69, 9.17) is 0 Å². The van der Waals surface area contributed by atoms with Gasteiger partial charge in [-0.05, 0) is 30.8 Å². The summed E-state index contributed by atoms with van der Waals surface area (Å²) in [7, 11) is 3.86. The molecule has 1 aliphatic rings. The van der Waals surface area contributed by atoms with Crippen molar-refractivity contribution in [3.8, 4) is 0 Å². The summed E-state index contributed by atoms with van der Waals surface area (Å²) < 4.78 is 0. The Morgan fingerprint density at radius 3 is 2.12 bits per heavy atom. The predicted molar refractivity (Wildman–Crippen MR) is 67.2 cm³/mol. The van der Waals surface area contributed by atoms with Crippen molar-refractivity contribution in [2.24, 2.45) is 16.7 Å². The number of rotatable bonds is 5. The molecule has 3 nitrogen and oxygen atoms in total. The van der Waals surface area contributed by atoms with Gasteiger partial charge in [-0.1, -0.05) is 27.7 Å². The van der Waals surface area contributed by atoms with E-state index in [1.165, 1.54) is 0 Å². The first-order valence-electron chi connectivity index (χ1n) is 6.16. The molecule has 3 heteroatoms. The fraction of sp³-hybridized carbons (Fsp3) is 0.923. The van der Waals surface area contributed by atoms with Crippen molar-refractivity contribution >= 4 is 5.91 Å². The van der Waals surface area contributed by atoms with E-state index in [-0.39, 0.29) is 16.7 Å². The van der Waals surface area contributed by atoms with Crippen molar-refractivity contribution in [1.82, 2.24) is 10.2 Å². The largest absolute Gasteiger partial charge is 0.345 e. The highest BCUT2D eigenvalue weighted by Crippen LogP contribution is 2.68. The van der Waals surface area contributed by atoms with Gasteiger partial charge in [0.1, 0.15) is 0 Å². The second-order valence-corrected chi connectivity index (χ2v) is 6.09. The van der Waals surface area contributed by atoms with Crippen LogP contribution in [0.25, 0.3) is 0 Å². The van der Waals surface area contributed by atoms with Gasteiger partial charge in [0.05, 0.1) is 0 Å². The lowest BCUT2D eigenvalue weighted by atomic mass is 10.0. The fourth-order valence-corrected chi connectivity index (χ4v) is 2.64. The highest BCUT2D eigenvalue weighted by atomic mass is 16.2. The standard InChI is InChI=1S/C13H26N2O/c1-12(2)10(13(12,3)4)11(16)15(6)9-7-8-14-5/h10,14H,7-9H2,1-6H3. The van der Waals surface area contributed by atoms with Gasteiger partial charge < -0.3 is 10.2 Å². The summed E-state index contributed by atoms with van der Waals surface area (Å²) in [4.78, 5) is 14.1. The van der Waals surface area contributed by atoms with E-state index < -0.39 is 0 Å². The van der Waals surface area contributed by atoms with Gasteiger partial charge in [-0.3, -0.25) is 4.79 Å². The van der Waals surface area contributed by atoms with E-state index in [9.17, 15) is 4.79 Å². The molecule has 1 rings (SSSR count). The Balaban J connectivity index is 2.48. The molecule has 1 fully saturated rings. The lowest BCUT2D eigenvalue weighted by molar-refractivity contribution is -0.132. The maximum atomic E-state index is 12.2. The maximum Gasteiger partial charge on any atom is 0.226 e. The zero-order valence-electron chi connectivity index (χ0n) is 11.6. The molecule has 1 aliphatic carbocycles. The van der Waals surface area contributed by atoms with E-state index in [2.05, 4.69) is 33.0 Å². The van der Waals surface area contributed by atoms with E-state index in [0.717, 1.165) is 19.5 Å². The minimum atomic E-state index is 0.154. The van der Waals surface area contributed by atoms with Crippen LogP contribution >= 0.6 is 0 Å². The van der Waals surface area contributed by atoms with Crippen molar-refractivity contribution < 1.29 is 4.79 Å². The number of carbonyl (C=O) groups excluding carboxylic acids is 1. The van der Waals surface area contributed by atoms with Crippen molar-refractivity contribution in [2.45, 2.75) is 34.1 Å². The summed E-state index contributed by atoms with van der Waals surface area (Å²) in [5, 5.41) is 3.10. The van der Waals surface area contributed by atoms with E-state index >= 15 is 0 Å². The van der Waals surface area contributed by atoms with Crippen LogP contribution in [0.5, 0.6) is 0 Å². The molecule has 0 atom stereocenters. The summed E-state index contributed by atoms with van der Waals surface area (Å²) in [6.45, 7) is 10.6. The molecule has 1 N–H and O–H groups in total. The van der Waals surface area contributed by atoms with Gasteiger partial charge in [0, 0.05) is 19.5 Å². The van der Waals surface area contributed by atoms with Crippen LogP contribution in [0.1, 0.15) is 34.1 Å². The lowest BCUT2D eigenvalue weighted by Gasteiger charge is -2.18. The molecule has 0 aromatic rings. The van der Waals surface area contributed by atoms with Gasteiger partial charge in [-0.2, -0.15) is 0 Å². The summed E-state index contributed by atoms with van der Waals surface area (Å²) in [6, 6.07) is 0. The zero-order chi connectivity index (χ0) is 12.6. The molecule has 0 heterocycles. The fourth-order valence-electron chi connectivity index (χ4n) is 2.64. The molecular formula is C13H26N2O. The summed E-state index contributed by atoms with van der Waals surface area (Å²) in [6.07, 6.45) is 1.02. The summed E-state index contributed by atoms with van der Waals surface area (Å²) in [5.74, 6) is 0.505. The minimum absolute atomic E-state index is 0.154. The quantitative estimate of drug-likeness (QED) is 0.724. The highest BCUT2D eigenvalue weighted by Gasteiger charge is 2.68. The van der Waals surface area contributed by atoms with Crippen LogP contribution in [-0.2, 0) is 4.79 Å². The first-order chi connectivity index (χ1) is 7.26. The van der Waals surface area contributed by atoms with Gasteiger partial charge in [0.2, 0.25) is 5.91 Å². The van der Waals surface area contributed by atoms with Gasteiger partial charge in [0.15, 0.2) is 0 Å². The summed E-state index contributed by atoms with van der Waals surface area (Å²) >= 11 is 0. The van der Waals surface area contributed by atoms with Crippen molar-refractivity contribution in [1.29, 1.82) is 0 Å². The Hall–Kier alpha value is -0.570. The Labute approximate surface area is 99.6 Å². The molecule has 0 aromatic heterocycles. The van der Waals surface area contributed by atoms with E-state index in [0.29, 0.717) is 5.91 Å². The second kappa shape index (κ2) is 4.36. The van der Waals surface area contributed by atoms with Crippen LogP contribution < -0.4 is 5.32 Å². The monoisotopic (exact) mass is 226 g/mol. The van der Waals surface area contributed by atoms with Crippen molar-refractivity contribution in [3.05, 3.63) is 0 Å². The van der Waals surface area contributed by atoms with Crippen LogP contribution in [0.2, 0.25) is 0 Å². The zero-order valence-corrected chi connectivity index (χ0v) is 11.6. The van der Waals surface area contributed by atoms with Crippen LogP contribution in [0.3, 0.4) is 0 Å². The molecule has 0 bridgehead atoms. The molecule has 1 amide bonds. The van der Waals surface area contributed by atoms with Crippen LogP contribution in [0, 0.1) is 16.7 Å². The molecule has 0 spiro atoms. The molecule has 0 saturated heterocycles. The molecule has 16 heavy (non-hydrogen) atoms. The van der Waals surface area contributed by atoms with Gasteiger partial charge in [-0.15, -0.1) is 0 Å². The van der Waals surface area contributed by atoms with Crippen molar-refractivity contribution in [3.63, 3.8) is 0 Å². The van der Waals surface area contributed by atoms with E-state index in [1.54, 1.807) is 0 Å². The van der Waals surface area contributed by atoms with Crippen LogP contribution in [0.4, 0.5) is 0 Å². The highest BCUT2D eigenvalue weighted by molar-refractivity contribution is 5.84. The number of nitrogens with zero attached hydrogens (tertiary/aromatic N) is 1. The number of hydrogen-bond acceptors (Lipinski definition) is 2. The second-order valence-electron chi connectivity index (χ2n) is 6.09. The Kier molecular flexibility index (Phi) is 3.68. The minimum Gasteiger partial charge on any atom is -0.345 e.